The van der Waals surface area contributed by atoms with Gasteiger partial charge in [-0.2, -0.15) is 0 Å². The highest BCUT2D eigenvalue weighted by molar-refractivity contribution is 5.79. The van der Waals surface area contributed by atoms with Gasteiger partial charge in [0, 0.05) is 43.8 Å². The molecular formula is C23H34N4O3. The fourth-order valence-electron chi connectivity index (χ4n) is 3.85. The predicted molar refractivity (Wildman–Crippen MR) is 118 cm³/mol. The monoisotopic (exact) mass is 414 g/mol. The topological polar surface area (TPSA) is 80.9 Å². The smallest absolute Gasteiger partial charge is 0.191 e. The molecule has 2 atom stereocenters. The van der Waals surface area contributed by atoms with Gasteiger partial charge < -0.3 is 24.6 Å². The Morgan fingerprint density at radius 2 is 2.13 bits per heavy atom. The Morgan fingerprint density at radius 1 is 1.30 bits per heavy atom. The summed E-state index contributed by atoms with van der Waals surface area (Å²) in [4.78, 5) is 4.35. The summed E-state index contributed by atoms with van der Waals surface area (Å²) in [5, 5.41) is 10.8. The molecule has 7 heteroatoms. The fraction of sp³-hybridized carbons (Fsp3) is 0.565. The molecule has 0 saturated carbocycles. The second kappa shape index (κ2) is 10.5. The van der Waals surface area contributed by atoms with Crippen LogP contribution in [0.2, 0.25) is 0 Å². The Bertz CT molecular complexity index is 837. The van der Waals surface area contributed by atoms with Crippen molar-refractivity contribution in [1.29, 1.82) is 0 Å². The average Bonchev–Trinajstić information content (AvgIpc) is 3.37. The van der Waals surface area contributed by atoms with Gasteiger partial charge in [0.2, 0.25) is 0 Å². The van der Waals surface area contributed by atoms with E-state index in [9.17, 15) is 0 Å². The molecule has 3 rings (SSSR count). The number of aliphatic imine (C=N–C) groups is 1. The zero-order chi connectivity index (χ0) is 21.5. The molecule has 1 aromatic carbocycles. The minimum Gasteiger partial charge on any atom is -0.491 e. The van der Waals surface area contributed by atoms with E-state index >= 15 is 0 Å². The number of nitrogens with zero attached hydrogens (tertiary/aromatic N) is 2. The lowest BCUT2D eigenvalue weighted by molar-refractivity contribution is 0.0676. The third kappa shape index (κ3) is 5.75. The number of nitrogens with one attached hydrogen (secondary N) is 2. The molecule has 2 N–H and O–H groups in total. The van der Waals surface area contributed by atoms with Crippen LogP contribution >= 0.6 is 0 Å². The predicted octanol–water partition coefficient (Wildman–Crippen LogP) is 3.63. The van der Waals surface area contributed by atoms with Gasteiger partial charge in [0.15, 0.2) is 5.96 Å². The van der Waals surface area contributed by atoms with E-state index in [-0.39, 0.29) is 12.0 Å². The van der Waals surface area contributed by atoms with Crippen LogP contribution in [0, 0.1) is 20.8 Å². The number of rotatable bonds is 8. The van der Waals surface area contributed by atoms with Crippen LogP contribution in [0.3, 0.4) is 0 Å². The molecule has 1 fully saturated rings. The largest absolute Gasteiger partial charge is 0.491 e. The van der Waals surface area contributed by atoms with E-state index in [1.54, 1.807) is 7.05 Å². The molecule has 1 aliphatic rings. The van der Waals surface area contributed by atoms with Crippen molar-refractivity contribution in [1.82, 2.24) is 15.8 Å². The maximum Gasteiger partial charge on any atom is 0.191 e. The van der Waals surface area contributed by atoms with Crippen molar-refractivity contribution in [2.24, 2.45) is 4.99 Å². The van der Waals surface area contributed by atoms with Gasteiger partial charge in [-0.05, 0) is 45.2 Å². The SMILES string of the molecule is CN=C(NCc1ccc(C)cc1OCC1CCCO1)NCC(C)c1c(C)noc1C. The molecule has 0 bridgehead atoms. The van der Waals surface area contributed by atoms with Gasteiger partial charge in [-0.1, -0.05) is 24.2 Å². The molecule has 0 aliphatic carbocycles. The first-order valence-electron chi connectivity index (χ1n) is 10.7. The Labute approximate surface area is 179 Å². The van der Waals surface area contributed by atoms with Gasteiger partial charge in [-0.3, -0.25) is 4.99 Å². The van der Waals surface area contributed by atoms with Crippen molar-refractivity contribution in [3.63, 3.8) is 0 Å². The van der Waals surface area contributed by atoms with Crippen LogP contribution in [0.4, 0.5) is 0 Å². The van der Waals surface area contributed by atoms with Crippen LogP contribution in [0.5, 0.6) is 5.75 Å². The van der Waals surface area contributed by atoms with Crippen molar-refractivity contribution in [2.45, 2.75) is 59.1 Å². The second-order valence-corrected chi connectivity index (χ2v) is 8.00. The molecule has 0 spiro atoms. The van der Waals surface area contributed by atoms with E-state index in [2.05, 4.69) is 52.8 Å². The van der Waals surface area contributed by atoms with E-state index < -0.39 is 0 Å². The zero-order valence-electron chi connectivity index (χ0n) is 18.7. The number of aryl methyl sites for hydroxylation is 3. The minimum absolute atomic E-state index is 0.201. The Kier molecular flexibility index (Phi) is 7.74. The van der Waals surface area contributed by atoms with Crippen molar-refractivity contribution in [2.75, 3.05) is 26.8 Å². The molecule has 2 aromatic rings. The van der Waals surface area contributed by atoms with Crippen molar-refractivity contribution in [3.05, 3.63) is 46.3 Å². The lowest BCUT2D eigenvalue weighted by Gasteiger charge is -2.18. The second-order valence-electron chi connectivity index (χ2n) is 8.00. The van der Waals surface area contributed by atoms with E-state index in [0.717, 1.165) is 60.3 Å². The quantitative estimate of drug-likeness (QED) is 0.507. The Balaban J connectivity index is 1.55. The Morgan fingerprint density at radius 3 is 2.80 bits per heavy atom. The molecule has 1 aliphatic heterocycles. The third-order valence-electron chi connectivity index (χ3n) is 5.50. The van der Waals surface area contributed by atoms with Crippen LogP contribution in [0.15, 0.2) is 27.7 Å². The van der Waals surface area contributed by atoms with Crippen LogP contribution in [-0.2, 0) is 11.3 Å². The summed E-state index contributed by atoms with van der Waals surface area (Å²) in [5.74, 6) is 2.79. The number of benzene rings is 1. The number of guanidine groups is 1. The highest BCUT2D eigenvalue weighted by Crippen LogP contribution is 2.23. The van der Waals surface area contributed by atoms with E-state index in [4.69, 9.17) is 14.0 Å². The molecule has 0 radical (unpaired) electrons. The van der Waals surface area contributed by atoms with Crippen LogP contribution < -0.4 is 15.4 Å². The van der Waals surface area contributed by atoms with Crippen LogP contribution in [0.1, 0.15) is 53.8 Å². The molecule has 7 nitrogen and oxygen atoms in total. The first-order chi connectivity index (χ1) is 14.5. The highest BCUT2D eigenvalue weighted by atomic mass is 16.5. The fourth-order valence-corrected chi connectivity index (χ4v) is 3.85. The molecule has 1 aromatic heterocycles. The normalized spacial score (nSPS) is 17.8. The van der Waals surface area contributed by atoms with Gasteiger partial charge in [0.1, 0.15) is 18.1 Å². The summed E-state index contributed by atoms with van der Waals surface area (Å²) in [6.45, 7) is 11.0. The summed E-state index contributed by atoms with van der Waals surface area (Å²) in [7, 11) is 1.78. The molecule has 2 heterocycles. The summed E-state index contributed by atoms with van der Waals surface area (Å²) < 4.78 is 17.1. The number of hydrogen-bond acceptors (Lipinski definition) is 5. The standard InChI is InChI=1S/C23H34N4O3/c1-15-8-9-19(21(11-15)29-14-20-7-6-10-28-20)13-26-23(24-5)25-12-16(2)22-17(3)27-30-18(22)4/h8-9,11,16,20H,6-7,10,12-14H2,1-5H3,(H2,24,25,26). The van der Waals surface area contributed by atoms with E-state index in [1.165, 1.54) is 5.56 Å². The summed E-state index contributed by atoms with van der Waals surface area (Å²) in [5.41, 5.74) is 4.37. The van der Waals surface area contributed by atoms with Gasteiger partial charge in [-0.15, -0.1) is 0 Å². The lowest BCUT2D eigenvalue weighted by Crippen LogP contribution is -2.38. The van der Waals surface area contributed by atoms with Gasteiger partial charge in [0.05, 0.1) is 11.8 Å². The summed E-state index contributed by atoms with van der Waals surface area (Å²) in [6, 6.07) is 6.29. The average molecular weight is 415 g/mol. The number of aromatic nitrogens is 1. The lowest BCUT2D eigenvalue weighted by atomic mass is 10.00. The van der Waals surface area contributed by atoms with Crippen molar-refractivity contribution < 1.29 is 14.0 Å². The van der Waals surface area contributed by atoms with E-state index in [1.807, 2.05) is 13.8 Å². The Hall–Kier alpha value is -2.54. The minimum atomic E-state index is 0.201. The van der Waals surface area contributed by atoms with Crippen molar-refractivity contribution >= 4 is 5.96 Å². The molecule has 30 heavy (non-hydrogen) atoms. The third-order valence-corrected chi connectivity index (χ3v) is 5.50. The summed E-state index contributed by atoms with van der Waals surface area (Å²) >= 11 is 0. The molecular weight excluding hydrogens is 380 g/mol. The van der Waals surface area contributed by atoms with E-state index in [0.29, 0.717) is 13.2 Å². The van der Waals surface area contributed by atoms with Crippen LogP contribution in [-0.4, -0.2) is 44.0 Å². The zero-order valence-corrected chi connectivity index (χ0v) is 18.7. The highest BCUT2D eigenvalue weighted by Gasteiger charge is 2.18. The molecule has 164 valence electrons. The van der Waals surface area contributed by atoms with Crippen LogP contribution in [0.25, 0.3) is 0 Å². The molecule has 1 saturated heterocycles. The molecule has 0 amide bonds. The number of hydrogen-bond donors (Lipinski definition) is 2. The summed E-state index contributed by atoms with van der Waals surface area (Å²) in [6.07, 6.45) is 2.38. The maximum absolute atomic E-state index is 6.10. The van der Waals surface area contributed by atoms with Gasteiger partial charge in [-0.25, -0.2) is 0 Å². The van der Waals surface area contributed by atoms with Gasteiger partial charge in [0.25, 0.3) is 0 Å². The first-order valence-corrected chi connectivity index (χ1v) is 10.7. The maximum atomic E-state index is 6.10. The first kappa shape index (κ1) is 22.2. The van der Waals surface area contributed by atoms with Gasteiger partial charge >= 0.3 is 0 Å². The number of ether oxygens (including phenoxy) is 2. The molecule has 2 unspecified atom stereocenters. The van der Waals surface area contributed by atoms with Crippen molar-refractivity contribution in [3.8, 4) is 5.75 Å².